The summed E-state index contributed by atoms with van der Waals surface area (Å²) in [5, 5.41) is 3.09. The van der Waals surface area contributed by atoms with Crippen LogP contribution in [-0.2, 0) is 14.8 Å². The number of hydrogen-bond acceptors (Lipinski definition) is 6. The molecule has 0 aliphatic heterocycles. The summed E-state index contributed by atoms with van der Waals surface area (Å²) in [6.07, 6.45) is 4.06. The number of sulfonamides is 1. The van der Waals surface area contributed by atoms with Crippen LogP contribution in [0.2, 0.25) is 5.02 Å². The highest BCUT2D eigenvalue weighted by Crippen LogP contribution is 2.33. The number of carbonyl (C=O) groups is 2. The molecule has 0 heterocycles. The molecule has 3 aromatic carbocycles. The van der Waals surface area contributed by atoms with Crippen molar-refractivity contribution in [2.24, 2.45) is 0 Å². The smallest absolute Gasteiger partial charge is 0.243 e. The molecule has 1 aliphatic rings. The third-order valence-electron chi connectivity index (χ3n) is 6.78. The minimum Gasteiger partial charge on any atom is -0.493 e. The number of anilines is 1. The Morgan fingerprint density at radius 2 is 1.62 bits per heavy atom. The van der Waals surface area contributed by atoms with E-state index in [1.165, 1.54) is 42.8 Å². The molecular formula is C29H31ClN2O6S. The SMILES string of the molecule is COc1ccc(S(=O)(=O)N(CC(=O)Nc2ccc(Cl)cc2C(=O)c2ccccc2)C2CCCCC2)cc1OC. The third-order valence-corrected chi connectivity index (χ3v) is 8.91. The lowest BCUT2D eigenvalue weighted by Gasteiger charge is -2.33. The van der Waals surface area contributed by atoms with Gasteiger partial charge in [0.05, 0.1) is 31.3 Å². The van der Waals surface area contributed by atoms with Crippen molar-refractivity contribution in [2.75, 3.05) is 26.1 Å². The van der Waals surface area contributed by atoms with Gasteiger partial charge in [-0.3, -0.25) is 9.59 Å². The van der Waals surface area contributed by atoms with Crippen LogP contribution in [0.1, 0.15) is 48.0 Å². The number of nitrogens with one attached hydrogen (secondary N) is 1. The molecule has 1 amide bonds. The number of ether oxygens (including phenoxy) is 2. The van der Waals surface area contributed by atoms with Crippen LogP contribution in [0.5, 0.6) is 11.5 Å². The fourth-order valence-electron chi connectivity index (χ4n) is 4.78. The van der Waals surface area contributed by atoms with Gasteiger partial charge in [0, 0.05) is 28.3 Å². The Morgan fingerprint density at radius 1 is 0.923 bits per heavy atom. The summed E-state index contributed by atoms with van der Waals surface area (Å²) in [4.78, 5) is 26.6. The van der Waals surface area contributed by atoms with Crippen molar-refractivity contribution in [3.05, 3.63) is 82.9 Å². The number of amides is 1. The first kappa shape index (κ1) is 28.6. The quantitative estimate of drug-likeness (QED) is 0.321. The average molecular weight is 571 g/mol. The van der Waals surface area contributed by atoms with Crippen molar-refractivity contribution in [3.63, 3.8) is 0 Å². The summed E-state index contributed by atoms with van der Waals surface area (Å²) in [6.45, 7) is -0.414. The van der Waals surface area contributed by atoms with Crippen LogP contribution in [0, 0.1) is 0 Å². The first-order valence-corrected chi connectivity index (χ1v) is 14.5. The molecule has 8 nitrogen and oxygen atoms in total. The molecule has 0 bridgehead atoms. The Balaban J connectivity index is 1.64. The van der Waals surface area contributed by atoms with Gasteiger partial charge in [0.1, 0.15) is 0 Å². The van der Waals surface area contributed by atoms with Crippen LogP contribution < -0.4 is 14.8 Å². The second-order valence-electron chi connectivity index (χ2n) is 9.29. The molecule has 0 aromatic heterocycles. The van der Waals surface area contributed by atoms with E-state index in [-0.39, 0.29) is 33.7 Å². The van der Waals surface area contributed by atoms with E-state index in [2.05, 4.69) is 5.32 Å². The molecule has 0 spiro atoms. The molecule has 1 aliphatic carbocycles. The van der Waals surface area contributed by atoms with Gasteiger partial charge in [-0.15, -0.1) is 0 Å². The van der Waals surface area contributed by atoms with Crippen LogP contribution in [-0.4, -0.2) is 51.2 Å². The zero-order chi connectivity index (χ0) is 28.0. The number of carbonyl (C=O) groups excluding carboxylic acids is 2. The lowest BCUT2D eigenvalue weighted by molar-refractivity contribution is -0.116. The van der Waals surface area contributed by atoms with E-state index < -0.39 is 22.5 Å². The van der Waals surface area contributed by atoms with Crippen LogP contribution in [0.15, 0.2) is 71.6 Å². The highest BCUT2D eigenvalue weighted by molar-refractivity contribution is 7.89. The Bertz CT molecular complexity index is 1440. The Hall–Kier alpha value is -3.40. The number of benzene rings is 3. The van der Waals surface area contributed by atoms with Crippen LogP contribution >= 0.6 is 11.6 Å². The van der Waals surface area contributed by atoms with E-state index in [1.54, 1.807) is 42.5 Å². The van der Waals surface area contributed by atoms with Crippen molar-refractivity contribution in [1.29, 1.82) is 0 Å². The number of ketones is 1. The Kier molecular flexibility index (Phi) is 9.27. The third kappa shape index (κ3) is 6.61. The minimum atomic E-state index is -4.07. The summed E-state index contributed by atoms with van der Waals surface area (Å²) in [7, 11) is -1.17. The molecule has 0 atom stereocenters. The van der Waals surface area contributed by atoms with E-state index in [1.807, 2.05) is 0 Å². The number of rotatable bonds is 10. The molecule has 1 saturated carbocycles. The van der Waals surface area contributed by atoms with Gasteiger partial charge in [-0.2, -0.15) is 4.31 Å². The maximum Gasteiger partial charge on any atom is 0.243 e. The molecule has 0 radical (unpaired) electrons. The molecule has 0 unspecified atom stereocenters. The first-order chi connectivity index (χ1) is 18.7. The van der Waals surface area contributed by atoms with Gasteiger partial charge in [0.15, 0.2) is 17.3 Å². The van der Waals surface area contributed by atoms with E-state index in [0.29, 0.717) is 29.2 Å². The monoisotopic (exact) mass is 570 g/mol. The molecule has 0 saturated heterocycles. The van der Waals surface area contributed by atoms with E-state index >= 15 is 0 Å². The van der Waals surface area contributed by atoms with Crippen LogP contribution in [0.3, 0.4) is 0 Å². The summed E-state index contributed by atoms with van der Waals surface area (Å²) in [5.41, 5.74) is 0.912. The van der Waals surface area contributed by atoms with E-state index in [9.17, 15) is 18.0 Å². The fraction of sp³-hybridized carbons (Fsp3) is 0.310. The lowest BCUT2D eigenvalue weighted by atomic mass is 9.95. The molecule has 39 heavy (non-hydrogen) atoms. The molecule has 3 aromatic rings. The van der Waals surface area contributed by atoms with Crippen molar-refractivity contribution in [1.82, 2.24) is 4.31 Å². The van der Waals surface area contributed by atoms with Gasteiger partial charge in [0.2, 0.25) is 15.9 Å². The van der Waals surface area contributed by atoms with Crippen molar-refractivity contribution in [3.8, 4) is 11.5 Å². The van der Waals surface area contributed by atoms with Gasteiger partial charge in [-0.1, -0.05) is 61.2 Å². The standard InChI is InChI=1S/C29H31ClN2O6S/c1-37-26-16-14-23(18-27(26)38-2)39(35,36)32(22-11-7-4-8-12-22)19-28(33)31-25-15-13-21(30)17-24(25)29(34)20-9-5-3-6-10-20/h3,5-6,9-10,13-18,22H,4,7-8,11-12,19H2,1-2H3,(H,31,33). The summed E-state index contributed by atoms with van der Waals surface area (Å²) < 4.78 is 39.6. The molecule has 206 valence electrons. The molecule has 1 N–H and O–H groups in total. The van der Waals surface area contributed by atoms with Crippen molar-refractivity contribution < 1.29 is 27.5 Å². The highest BCUT2D eigenvalue weighted by atomic mass is 35.5. The molecular weight excluding hydrogens is 540 g/mol. The second-order valence-corrected chi connectivity index (χ2v) is 11.6. The van der Waals surface area contributed by atoms with Gasteiger partial charge >= 0.3 is 0 Å². The summed E-state index contributed by atoms with van der Waals surface area (Å²) in [6, 6.07) is 17.3. The largest absolute Gasteiger partial charge is 0.493 e. The van der Waals surface area contributed by atoms with Gasteiger partial charge < -0.3 is 14.8 Å². The molecule has 10 heteroatoms. The number of hydrogen-bond donors (Lipinski definition) is 1. The summed E-state index contributed by atoms with van der Waals surface area (Å²) in [5.74, 6) is -0.196. The second kappa shape index (κ2) is 12.6. The summed E-state index contributed by atoms with van der Waals surface area (Å²) >= 11 is 6.17. The van der Waals surface area contributed by atoms with Crippen molar-refractivity contribution >= 4 is 39.0 Å². The first-order valence-electron chi connectivity index (χ1n) is 12.7. The lowest BCUT2D eigenvalue weighted by Crippen LogP contribution is -2.45. The van der Waals surface area contributed by atoms with E-state index in [0.717, 1.165) is 19.3 Å². The normalized spacial score (nSPS) is 14.2. The predicted octanol–water partition coefficient (Wildman–Crippen LogP) is 5.55. The number of methoxy groups -OCH3 is 2. The topological polar surface area (TPSA) is 102 Å². The zero-order valence-electron chi connectivity index (χ0n) is 21.9. The van der Waals surface area contributed by atoms with Crippen molar-refractivity contribution in [2.45, 2.75) is 43.0 Å². The maximum absolute atomic E-state index is 13.9. The predicted molar refractivity (Wildman–Crippen MR) is 150 cm³/mol. The molecule has 4 rings (SSSR count). The number of nitrogens with zero attached hydrogens (tertiary/aromatic N) is 1. The van der Waals surface area contributed by atoms with Crippen LogP contribution in [0.4, 0.5) is 5.69 Å². The van der Waals surface area contributed by atoms with Gasteiger partial charge in [-0.25, -0.2) is 8.42 Å². The Morgan fingerprint density at radius 3 is 2.28 bits per heavy atom. The number of halogens is 1. The highest BCUT2D eigenvalue weighted by Gasteiger charge is 2.35. The van der Waals surface area contributed by atoms with Crippen LogP contribution in [0.25, 0.3) is 0 Å². The Labute approximate surface area is 233 Å². The fourth-order valence-corrected chi connectivity index (χ4v) is 6.61. The van der Waals surface area contributed by atoms with Gasteiger partial charge in [-0.05, 0) is 43.2 Å². The zero-order valence-corrected chi connectivity index (χ0v) is 23.4. The van der Waals surface area contributed by atoms with Gasteiger partial charge in [0.25, 0.3) is 0 Å². The average Bonchev–Trinajstić information content (AvgIpc) is 2.96. The molecule has 1 fully saturated rings. The maximum atomic E-state index is 13.9. The minimum absolute atomic E-state index is 0.00459. The van der Waals surface area contributed by atoms with E-state index in [4.69, 9.17) is 21.1 Å².